The molecule has 1 N–H and O–H groups in total. The van der Waals surface area contributed by atoms with Crippen molar-refractivity contribution in [3.63, 3.8) is 0 Å². The number of nitrogens with zero attached hydrogens (tertiary/aromatic N) is 2. The van der Waals surface area contributed by atoms with Gasteiger partial charge in [-0.05, 0) is 30.7 Å². The Labute approximate surface area is 118 Å². The maximum atomic E-state index is 4.62. The third kappa shape index (κ3) is 2.35. The molecular formula is C17H17N3. The van der Waals surface area contributed by atoms with Crippen molar-refractivity contribution in [1.29, 1.82) is 0 Å². The van der Waals surface area contributed by atoms with Crippen LogP contribution in [0, 0.1) is 6.92 Å². The van der Waals surface area contributed by atoms with Crippen LogP contribution in [0.4, 0.5) is 5.95 Å². The Hall–Kier alpha value is -2.42. The van der Waals surface area contributed by atoms with Crippen molar-refractivity contribution in [3.8, 4) is 11.3 Å². The lowest BCUT2D eigenvalue weighted by Gasteiger charge is -2.09. The maximum Gasteiger partial charge on any atom is 0.223 e. The highest BCUT2D eigenvalue weighted by atomic mass is 15.1. The Morgan fingerprint density at radius 2 is 1.80 bits per heavy atom. The summed E-state index contributed by atoms with van der Waals surface area (Å²) in [5, 5.41) is 5.63. The van der Waals surface area contributed by atoms with E-state index in [1.807, 2.05) is 19.9 Å². The molecule has 0 spiro atoms. The topological polar surface area (TPSA) is 37.8 Å². The third-order valence-electron chi connectivity index (χ3n) is 3.25. The molecule has 0 aliphatic carbocycles. The number of fused-ring (bicyclic) bond motifs is 1. The highest BCUT2D eigenvalue weighted by Gasteiger charge is 2.07. The number of hydrogen-bond acceptors (Lipinski definition) is 3. The first-order chi connectivity index (χ1) is 9.78. The fraction of sp³-hybridized carbons (Fsp3) is 0.176. The summed E-state index contributed by atoms with van der Waals surface area (Å²) in [6, 6.07) is 16.7. The number of anilines is 1. The molecule has 3 rings (SSSR count). The molecule has 0 amide bonds. The molecule has 0 saturated carbocycles. The summed E-state index contributed by atoms with van der Waals surface area (Å²) in [6.07, 6.45) is 0. The molecule has 0 fully saturated rings. The minimum Gasteiger partial charge on any atom is -0.354 e. The zero-order chi connectivity index (χ0) is 13.9. The predicted molar refractivity (Wildman–Crippen MR) is 83.9 cm³/mol. The van der Waals surface area contributed by atoms with Gasteiger partial charge in [0.1, 0.15) is 0 Å². The van der Waals surface area contributed by atoms with Gasteiger partial charge in [0.15, 0.2) is 0 Å². The molecule has 3 aromatic rings. The first-order valence-electron chi connectivity index (χ1n) is 6.85. The Balaban J connectivity index is 2.20. The van der Waals surface area contributed by atoms with E-state index in [4.69, 9.17) is 0 Å². The van der Waals surface area contributed by atoms with Crippen LogP contribution in [0.1, 0.15) is 12.6 Å². The largest absolute Gasteiger partial charge is 0.354 e. The first kappa shape index (κ1) is 12.6. The van der Waals surface area contributed by atoms with E-state index in [1.165, 1.54) is 10.8 Å². The lowest BCUT2D eigenvalue weighted by atomic mass is 10.0. The van der Waals surface area contributed by atoms with Crippen LogP contribution < -0.4 is 5.32 Å². The van der Waals surface area contributed by atoms with E-state index in [0.29, 0.717) is 5.95 Å². The van der Waals surface area contributed by atoms with Crippen molar-refractivity contribution in [2.45, 2.75) is 13.8 Å². The smallest absolute Gasteiger partial charge is 0.223 e. The van der Waals surface area contributed by atoms with E-state index in [9.17, 15) is 0 Å². The molecule has 0 unspecified atom stereocenters. The van der Waals surface area contributed by atoms with Crippen molar-refractivity contribution in [3.05, 3.63) is 54.2 Å². The minimum absolute atomic E-state index is 0.690. The summed E-state index contributed by atoms with van der Waals surface area (Å²) in [6.45, 7) is 4.86. The van der Waals surface area contributed by atoms with Crippen LogP contribution >= 0.6 is 0 Å². The van der Waals surface area contributed by atoms with Crippen LogP contribution in [-0.4, -0.2) is 16.5 Å². The number of benzene rings is 2. The summed E-state index contributed by atoms with van der Waals surface area (Å²) in [5.74, 6) is 0.690. The molecule has 2 aromatic carbocycles. The summed E-state index contributed by atoms with van der Waals surface area (Å²) >= 11 is 0. The Kier molecular flexibility index (Phi) is 3.33. The Bertz CT molecular complexity index is 745. The van der Waals surface area contributed by atoms with Gasteiger partial charge in [0, 0.05) is 17.8 Å². The number of nitrogens with one attached hydrogen (secondary N) is 1. The second-order valence-corrected chi connectivity index (χ2v) is 4.78. The van der Waals surface area contributed by atoms with E-state index in [0.717, 1.165) is 23.5 Å². The molecule has 1 aromatic heterocycles. The van der Waals surface area contributed by atoms with Crippen LogP contribution in [0.25, 0.3) is 22.0 Å². The molecule has 3 heteroatoms. The number of aryl methyl sites for hydroxylation is 1. The van der Waals surface area contributed by atoms with E-state index >= 15 is 0 Å². The molecular weight excluding hydrogens is 246 g/mol. The van der Waals surface area contributed by atoms with Gasteiger partial charge in [-0.15, -0.1) is 0 Å². The predicted octanol–water partition coefficient (Wildman–Crippen LogP) is 4.04. The monoisotopic (exact) mass is 263 g/mol. The van der Waals surface area contributed by atoms with Gasteiger partial charge in [-0.2, -0.15) is 0 Å². The SMILES string of the molecule is CCNc1nc(C)cc(-c2cccc3ccccc23)n1. The number of rotatable bonds is 3. The number of hydrogen-bond donors (Lipinski definition) is 1. The van der Waals surface area contributed by atoms with Gasteiger partial charge >= 0.3 is 0 Å². The second-order valence-electron chi connectivity index (χ2n) is 4.78. The van der Waals surface area contributed by atoms with Gasteiger partial charge in [-0.1, -0.05) is 42.5 Å². The summed E-state index contributed by atoms with van der Waals surface area (Å²) in [5.41, 5.74) is 3.08. The van der Waals surface area contributed by atoms with Crippen molar-refractivity contribution in [2.75, 3.05) is 11.9 Å². The van der Waals surface area contributed by atoms with Crippen LogP contribution in [-0.2, 0) is 0 Å². The quantitative estimate of drug-likeness (QED) is 0.775. The third-order valence-corrected chi connectivity index (χ3v) is 3.25. The highest BCUT2D eigenvalue weighted by molar-refractivity contribution is 5.95. The normalized spacial score (nSPS) is 10.7. The van der Waals surface area contributed by atoms with E-state index < -0.39 is 0 Å². The molecule has 0 saturated heterocycles. The Morgan fingerprint density at radius 1 is 1.00 bits per heavy atom. The molecule has 3 nitrogen and oxygen atoms in total. The molecule has 20 heavy (non-hydrogen) atoms. The average molecular weight is 263 g/mol. The van der Waals surface area contributed by atoms with Crippen molar-refractivity contribution >= 4 is 16.7 Å². The second kappa shape index (κ2) is 5.29. The molecule has 100 valence electrons. The lowest BCUT2D eigenvalue weighted by molar-refractivity contribution is 1.06. The van der Waals surface area contributed by atoms with E-state index in [-0.39, 0.29) is 0 Å². The average Bonchev–Trinajstić information content (AvgIpc) is 2.46. The van der Waals surface area contributed by atoms with Gasteiger partial charge in [0.25, 0.3) is 0 Å². The molecule has 1 heterocycles. The van der Waals surface area contributed by atoms with E-state index in [1.54, 1.807) is 0 Å². The maximum absolute atomic E-state index is 4.62. The van der Waals surface area contributed by atoms with Gasteiger partial charge in [-0.3, -0.25) is 0 Å². The molecule has 0 bridgehead atoms. The van der Waals surface area contributed by atoms with E-state index in [2.05, 4.69) is 57.7 Å². The van der Waals surface area contributed by atoms with Gasteiger partial charge < -0.3 is 5.32 Å². The highest BCUT2D eigenvalue weighted by Crippen LogP contribution is 2.28. The van der Waals surface area contributed by atoms with Gasteiger partial charge in [0.05, 0.1) is 5.69 Å². The van der Waals surface area contributed by atoms with Crippen LogP contribution in [0.15, 0.2) is 48.5 Å². The van der Waals surface area contributed by atoms with Crippen LogP contribution in [0.2, 0.25) is 0 Å². The minimum atomic E-state index is 0.690. The summed E-state index contributed by atoms with van der Waals surface area (Å²) < 4.78 is 0. The zero-order valence-electron chi connectivity index (χ0n) is 11.7. The van der Waals surface area contributed by atoms with Crippen molar-refractivity contribution < 1.29 is 0 Å². The standard InChI is InChI=1S/C17H17N3/c1-3-18-17-19-12(2)11-16(20-17)15-10-6-8-13-7-4-5-9-14(13)15/h4-11H,3H2,1-2H3,(H,18,19,20). The molecule has 0 radical (unpaired) electrons. The fourth-order valence-electron chi connectivity index (χ4n) is 2.39. The molecule has 0 aliphatic heterocycles. The van der Waals surface area contributed by atoms with Crippen molar-refractivity contribution in [1.82, 2.24) is 9.97 Å². The molecule has 0 aliphatic rings. The Morgan fingerprint density at radius 3 is 2.65 bits per heavy atom. The van der Waals surface area contributed by atoms with Crippen molar-refractivity contribution in [2.24, 2.45) is 0 Å². The summed E-state index contributed by atoms with van der Waals surface area (Å²) in [4.78, 5) is 9.03. The lowest BCUT2D eigenvalue weighted by Crippen LogP contribution is -2.04. The number of aromatic nitrogens is 2. The van der Waals surface area contributed by atoms with Crippen LogP contribution in [0.3, 0.4) is 0 Å². The first-order valence-corrected chi connectivity index (χ1v) is 6.85. The van der Waals surface area contributed by atoms with Gasteiger partial charge in [0.2, 0.25) is 5.95 Å². The molecule has 0 atom stereocenters. The zero-order valence-corrected chi connectivity index (χ0v) is 11.7. The fourth-order valence-corrected chi connectivity index (χ4v) is 2.39. The summed E-state index contributed by atoms with van der Waals surface area (Å²) in [7, 11) is 0. The van der Waals surface area contributed by atoms with Crippen LogP contribution in [0.5, 0.6) is 0 Å². The van der Waals surface area contributed by atoms with Gasteiger partial charge in [-0.25, -0.2) is 9.97 Å².